The Kier molecular flexibility index (Phi) is 6.16. The van der Waals surface area contributed by atoms with E-state index in [0.717, 1.165) is 0 Å². The molecule has 0 aromatic rings. The van der Waals surface area contributed by atoms with Crippen molar-refractivity contribution in [3.05, 3.63) is 0 Å². The highest BCUT2D eigenvalue weighted by atomic mass is 16.7. The number of hydrogen-bond acceptors (Lipinski definition) is 11. The molecule has 2 saturated heterocycles. The van der Waals surface area contributed by atoms with E-state index in [-0.39, 0.29) is 12.8 Å². The number of hydrogen-bond donors (Lipinski definition) is 8. The Morgan fingerprint density at radius 2 is 1.58 bits per heavy atom. The smallest absolute Gasteiger partial charge is 0.173 e. The molecule has 2 heterocycles. The second kappa shape index (κ2) is 7.89. The lowest BCUT2D eigenvalue weighted by Crippen LogP contribution is -2.68. The third-order valence-electron chi connectivity index (χ3n) is 5.55. The van der Waals surface area contributed by atoms with Gasteiger partial charge in [0.25, 0.3) is 0 Å². The van der Waals surface area contributed by atoms with E-state index in [1.807, 2.05) is 0 Å². The summed E-state index contributed by atoms with van der Waals surface area (Å²) in [5, 5.41) is 43.4. The van der Waals surface area contributed by atoms with Crippen molar-refractivity contribution < 1.29 is 34.6 Å². The van der Waals surface area contributed by atoms with Crippen LogP contribution in [0, 0.1) is 0 Å². The normalized spacial score (nSPS) is 55.4. The second-order valence-electron chi connectivity index (χ2n) is 7.38. The predicted molar refractivity (Wildman–Crippen MR) is 88.4 cm³/mol. The SMILES string of the molecule is CNC1C(O)OC2CC(N)C(OC3C(N)CC(N)C(O)C3O)OC2C1O. The minimum atomic E-state index is -1.28. The third-order valence-corrected chi connectivity index (χ3v) is 5.55. The van der Waals surface area contributed by atoms with Crippen LogP contribution >= 0.6 is 0 Å². The molecule has 0 amide bonds. The molecule has 0 aromatic carbocycles. The van der Waals surface area contributed by atoms with Crippen molar-refractivity contribution >= 4 is 0 Å². The van der Waals surface area contributed by atoms with Gasteiger partial charge in [0.1, 0.15) is 24.4 Å². The van der Waals surface area contributed by atoms with Crippen LogP contribution in [0.1, 0.15) is 12.8 Å². The molecule has 11 nitrogen and oxygen atoms in total. The molecule has 11 N–H and O–H groups in total. The van der Waals surface area contributed by atoms with Crippen LogP contribution in [0.25, 0.3) is 0 Å². The Balaban J connectivity index is 1.69. The average molecular weight is 378 g/mol. The number of fused-ring (bicyclic) bond motifs is 1. The van der Waals surface area contributed by atoms with Crippen LogP contribution in [-0.2, 0) is 14.2 Å². The first kappa shape index (κ1) is 20.3. The maximum Gasteiger partial charge on any atom is 0.173 e. The largest absolute Gasteiger partial charge is 0.389 e. The van der Waals surface area contributed by atoms with Crippen LogP contribution in [0.15, 0.2) is 0 Å². The lowest BCUT2D eigenvalue weighted by atomic mass is 9.84. The van der Waals surface area contributed by atoms with Gasteiger partial charge < -0.3 is 57.2 Å². The fourth-order valence-electron chi connectivity index (χ4n) is 4.00. The van der Waals surface area contributed by atoms with Crippen molar-refractivity contribution in [3.8, 4) is 0 Å². The number of rotatable bonds is 3. The summed E-state index contributed by atoms with van der Waals surface area (Å²) >= 11 is 0. The maximum atomic E-state index is 10.5. The van der Waals surface area contributed by atoms with Gasteiger partial charge in [0.2, 0.25) is 0 Å². The summed E-state index contributed by atoms with van der Waals surface area (Å²) in [6.45, 7) is 0. The summed E-state index contributed by atoms with van der Waals surface area (Å²) in [4.78, 5) is 0. The topological polar surface area (TPSA) is 199 Å². The van der Waals surface area contributed by atoms with Crippen molar-refractivity contribution in [2.45, 2.75) is 86.2 Å². The molecule has 0 radical (unpaired) electrons. The Morgan fingerprint density at radius 3 is 2.23 bits per heavy atom. The molecule has 1 aliphatic carbocycles. The van der Waals surface area contributed by atoms with Gasteiger partial charge in [0, 0.05) is 12.1 Å². The molecule has 3 aliphatic rings. The Bertz CT molecular complexity index is 487. The van der Waals surface area contributed by atoms with E-state index in [1.165, 1.54) is 0 Å². The van der Waals surface area contributed by atoms with Gasteiger partial charge >= 0.3 is 0 Å². The van der Waals surface area contributed by atoms with E-state index in [4.69, 9.17) is 31.4 Å². The van der Waals surface area contributed by atoms with Crippen LogP contribution in [0.3, 0.4) is 0 Å². The first-order valence-corrected chi connectivity index (χ1v) is 8.87. The number of nitrogens with one attached hydrogen (secondary N) is 1. The van der Waals surface area contributed by atoms with E-state index in [2.05, 4.69) is 5.32 Å². The van der Waals surface area contributed by atoms with Gasteiger partial charge in [0.05, 0.1) is 24.3 Å². The standard InChI is InChI=1S/C15H30N4O7/c1-19-8-10(21)13-7(24-14(8)23)3-6(18)15(26-13)25-12-5(17)2-4(16)9(20)11(12)22/h4-15,19-23H,2-3,16-18H2,1H3. The zero-order chi connectivity index (χ0) is 19.2. The predicted octanol–water partition coefficient (Wildman–Crippen LogP) is -4.74. The molecular formula is C15H30N4O7. The van der Waals surface area contributed by atoms with Gasteiger partial charge in [-0.1, -0.05) is 0 Å². The minimum absolute atomic E-state index is 0.274. The van der Waals surface area contributed by atoms with E-state index in [1.54, 1.807) is 7.05 Å². The number of ether oxygens (including phenoxy) is 3. The number of likely N-dealkylation sites (N-methyl/N-ethyl adjacent to an activating group) is 1. The van der Waals surface area contributed by atoms with Crippen LogP contribution in [0.4, 0.5) is 0 Å². The van der Waals surface area contributed by atoms with Crippen molar-refractivity contribution in [2.75, 3.05) is 7.05 Å². The fraction of sp³-hybridized carbons (Fsp3) is 1.00. The zero-order valence-corrected chi connectivity index (χ0v) is 14.6. The maximum absolute atomic E-state index is 10.5. The monoisotopic (exact) mass is 378 g/mol. The summed E-state index contributed by atoms with van der Waals surface area (Å²) < 4.78 is 17.1. The molecule has 3 rings (SSSR count). The third kappa shape index (κ3) is 3.62. The summed E-state index contributed by atoms with van der Waals surface area (Å²) in [6.07, 6.45) is -7.36. The first-order chi connectivity index (χ1) is 12.2. The summed E-state index contributed by atoms with van der Waals surface area (Å²) in [5.74, 6) is 0. The Morgan fingerprint density at radius 1 is 0.885 bits per heavy atom. The zero-order valence-electron chi connectivity index (χ0n) is 14.6. The molecule has 0 spiro atoms. The molecular weight excluding hydrogens is 348 g/mol. The van der Waals surface area contributed by atoms with Crippen LogP contribution in [-0.4, -0.2) is 101 Å². The molecule has 0 bridgehead atoms. The summed E-state index contributed by atoms with van der Waals surface area (Å²) in [7, 11) is 1.59. The molecule has 152 valence electrons. The fourth-order valence-corrected chi connectivity index (χ4v) is 4.00. The Hall–Kier alpha value is -0.440. The van der Waals surface area contributed by atoms with Gasteiger partial charge in [-0.3, -0.25) is 0 Å². The number of nitrogens with two attached hydrogens (primary N) is 3. The van der Waals surface area contributed by atoms with Gasteiger partial charge in [0.15, 0.2) is 12.6 Å². The van der Waals surface area contributed by atoms with Crippen LogP contribution in [0.2, 0.25) is 0 Å². The number of aliphatic hydroxyl groups is 4. The lowest BCUT2D eigenvalue weighted by molar-refractivity contribution is -0.328. The summed E-state index contributed by atoms with van der Waals surface area (Å²) in [5.41, 5.74) is 17.9. The quantitative estimate of drug-likeness (QED) is 0.234. The highest BCUT2D eigenvalue weighted by Crippen LogP contribution is 2.33. The Labute approximate surface area is 151 Å². The van der Waals surface area contributed by atoms with Gasteiger partial charge in [-0.2, -0.15) is 0 Å². The van der Waals surface area contributed by atoms with Crippen molar-refractivity contribution in [1.29, 1.82) is 0 Å². The minimum Gasteiger partial charge on any atom is -0.389 e. The average Bonchev–Trinajstić information content (AvgIpc) is 2.58. The van der Waals surface area contributed by atoms with Crippen LogP contribution in [0.5, 0.6) is 0 Å². The van der Waals surface area contributed by atoms with Crippen molar-refractivity contribution in [3.63, 3.8) is 0 Å². The summed E-state index contributed by atoms with van der Waals surface area (Å²) in [6, 6.07) is -2.60. The van der Waals surface area contributed by atoms with Crippen molar-refractivity contribution in [1.82, 2.24) is 5.32 Å². The molecule has 0 aromatic heterocycles. The van der Waals surface area contributed by atoms with E-state index in [9.17, 15) is 20.4 Å². The van der Waals surface area contributed by atoms with Gasteiger partial charge in [-0.15, -0.1) is 0 Å². The van der Waals surface area contributed by atoms with Crippen molar-refractivity contribution in [2.24, 2.45) is 17.2 Å². The molecule has 1 saturated carbocycles. The van der Waals surface area contributed by atoms with E-state index >= 15 is 0 Å². The highest BCUT2D eigenvalue weighted by molar-refractivity contribution is 5.00. The van der Waals surface area contributed by atoms with E-state index in [0.29, 0.717) is 0 Å². The number of aliphatic hydroxyl groups excluding tert-OH is 4. The van der Waals surface area contributed by atoms with Gasteiger partial charge in [-0.05, 0) is 19.9 Å². The van der Waals surface area contributed by atoms with Crippen LogP contribution < -0.4 is 22.5 Å². The second-order valence-corrected chi connectivity index (χ2v) is 7.38. The molecule has 26 heavy (non-hydrogen) atoms. The molecule has 12 atom stereocenters. The van der Waals surface area contributed by atoms with Gasteiger partial charge in [-0.25, -0.2) is 0 Å². The lowest BCUT2D eigenvalue weighted by Gasteiger charge is -2.49. The molecule has 3 fully saturated rings. The van der Waals surface area contributed by atoms with E-state index < -0.39 is 73.4 Å². The molecule has 2 aliphatic heterocycles. The first-order valence-electron chi connectivity index (χ1n) is 8.87. The highest BCUT2D eigenvalue weighted by Gasteiger charge is 2.51. The molecule has 12 unspecified atom stereocenters. The molecule has 11 heteroatoms.